The van der Waals surface area contributed by atoms with E-state index in [0.29, 0.717) is 22.2 Å². The van der Waals surface area contributed by atoms with Crippen molar-refractivity contribution in [3.63, 3.8) is 0 Å². The van der Waals surface area contributed by atoms with E-state index in [4.69, 9.17) is 28.9 Å². The van der Waals surface area contributed by atoms with Crippen LogP contribution in [0.2, 0.25) is 10.0 Å². The highest BCUT2D eigenvalue weighted by Crippen LogP contribution is 2.36. The normalized spacial score (nSPS) is 11.4. The van der Waals surface area contributed by atoms with E-state index < -0.39 is 5.91 Å². The predicted octanol–water partition coefficient (Wildman–Crippen LogP) is 6.78. The van der Waals surface area contributed by atoms with Gasteiger partial charge in [0.25, 0.3) is 0 Å². The molecule has 0 aliphatic carbocycles. The van der Waals surface area contributed by atoms with Crippen molar-refractivity contribution >= 4 is 62.3 Å². The Morgan fingerprint density at radius 1 is 1.03 bits per heavy atom. The number of nitrogens with two attached hydrogens (primary N) is 1. The smallest absolute Gasteiger partial charge is 0.249 e. The molecular weight excluding hydrogens is 435 g/mol. The first-order valence-electron chi connectivity index (χ1n) is 9.26. The number of rotatable bonds is 4. The molecule has 2 heterocycles. The number of carbonyl (C=O) groups is 1. The second-order valence-corrected chi connectivity index (χ2v) is 8.87. The number of carbonyl (C=O) groups excluding carboxylic acids is 1. The molecule has 0 aliphatic heterocycles. The highest BCUT2D eigenvalue weighted by atomic mass is 35.5. The summed E-state index contributed by atoms with van der Waals surface area (Å²) in [7, 11) is 0. The first-order chi connectivity index (χ1) is 14.5. The van der Waals surface area contributed by atoms with Crippen LogP contribution in [0, 0.1) is 6.07 Å². The molecule has 0 aliphatic rings. The Kier molecular flexibility index (Phi) is 4.78. The van der Waals surface area contributed by atoms with Crippen LogP contribution in [-0.4, -0.2) is 10.5 Å². The number of hydrogen-bond donors (Lipinski definition) is 1. The molecule has 5 aromatic rings. The standard InChI is InChI=1S/C24H15Cl2N2OS/c25-16-9-14(10-17(26)12-16)13-28-20-4-1-3-19(24(27)29)23(20)18-7-6-15(11-21(18)28)22-5-2-8-30-22/h1-6,8-12H,13H2,(H2,27,29). The van der Waals surface area contributed by atoms with E-state index in [-0.39, 0.29) is 0 Å². The summed E-state index contributed by atoms with van der Waals surface area (Å²) >= 11 is 14.1. The van der Waals surface area contributed by atoms with E-state index in [0.717, 1.165) is 37.8 Å². The molecule has 147 valence electrons. The maximum absolute atomic E-state index is 12.1. The van der Waals surface area contributed by atoms with Crippen LogP contribution >= 0.6 is 34.5 Å². The lowest BCUT2D eigenvalue weighted by molar-refractivity contribution is 0.100. The maximum Gasteiger partial charge on any atom is 0.249 e. The summed E-state index contributed by atoms with van der Waals surface area (Å²) in [4.78, 5) is 13.3. The summed E-state index contributed by atoms with van der Waals surface area (Å²) in [5.74, 6) is -0.457. The molecular formula is C24H15Cl2N2OS. The fourth-order valence-corrected chi connectivity index (χ4v) is 5.19. The number of nitrogens with zero attached hydrogens (tertiary/aromatic N) is 1. The second kappa shape index (κ2) is 7.47. The highest BCUT2D eigenvalue weighted by Gasteiger charge is 2.18. The Balaban J connectivity index is 1.82. The Hall–Kier alpha value is -2.79. The zero-order chi connectivity index (χ0) is 20.8. The van der Waals surface area contributed by atoms with E-state index >= 15 is 0 Å². The van der Waals surface area contributed by atoms with Crippen LogP contribution in [0.15, 0.2) is 66.0 Å². The van der Waals surface area contributed by atoms with Gasteiger partial charge >= 0.3 is 0 Å². The lowest BCUT2D eigenvalue weighted by atomic mass is 10.0. The predicted molar refractivity (Wildman–Crippen MR) is 126 cm³/mol. The molecule has 0 spiro atoms. The molecule has 3 nitrogen and oxygen atoms in total. The van der Waals surface area contributed by atoms with Crippen LogP contribution in [0.5, 0.6) is 0 Å². The molecule has 0 atom stereocenters. The number of benzene rings is 3. The van der Waals surface area contributed by atoms with Gasteiger partial charge in [0, 0.05) is 37.8 Å². The lowest BCUT2D eigenvalue weighted by Gasteiger charge is -2.10. The molecule has 1 radical (unpaired) electrons. The number of amides is 1. The lowest BCUT2D eigenvalue weighted by Crippen LogP contribution is -2.11. The molecule has 2 N–H and O–H groups in total. The summed E-state index contributed by atoms with van der Waals surface area (Å²) in [5, 5.41) is 4.90. The van der Waals surface area contributed by atoms with Gasteiger partial charge in [-0.25, -0.2) is 0 Å². The van der Waals surface area contributed by atoms with Crippen molar-refractivity contribution in [3.8, 4) is 10.4 Å². The Morgan fingerprint density at radius 3 is 2.53 bits per heavy atom. The van der Waals surface area contributed by atoms with Crippen LogP contribution in [0.4, 0.5) is 0 Å². The molecule has 6 heteroatoms. The number of aromatic nitrogens is 1. The summed E-state index contributed by atoms with van der Waals surface area (Å²) in [6.45, 7) is 0.546. The van der Waals surface area contributed by atoms with Gasteiger partial charge in [-0.2, -0.15) is 0 Å². The van der Waals surface area contributed by atoms with Gasteiger partial charge in [0.1, 0.15) is 0 Å². The summed E-state index contributed by atoms with van der Waals surface area (Å²) in [6, 6.07) is 22.7. The summed E-state index contributed by atoms with van der Waals surface area (Å²) in [6.07, 6.45) is 0. The van der Waals surface area contributed by atoms with Crippen LogP contribution in [0.1, 0.15) is 15.9 Å². The number of thiophene rings is 1. The fraction of sp³-hybridized carbons (Fsp3) is 0.0417. The highest BCUT2D eigenvalue weighted by molar-refractivity contribution is 7.13. The van der Waals surface area contributed by atoms with Crippen LogP contribution in [0.3, 0.4) is 0 Å². The van der Waals surface area contributed by atoms with Gasteiger partial charge in [-0.15, -0.1) is 11.3 Å². The molecule has 3 aromatic carbocycles. The van der Waals surface area contributed by atoms with Gasteiger partial charge in [-0.3, -0.25) is 4.79 Å². The third kappa shape index (κ3) is 3.27. The largest absolute Gasteiger partial charge is 0.366 e. The molecule has 30 heavy (non-hydrogen) atoms. The first-order valence-corrected chi connectivity index (χ1v) is 10.9. The maximum atomic E-state index is 12.1. The molecule has 0 unspecified atom stereocenters. The molecule has 0 saturated heterocycles. The number of primary amides is 1. The monoisotopic (exact) mass is 449 g/mol. The van der Waals surface area contributed by atoms with Crippen LogP contribution in [-0.2, 0) is 6.54 Å². The molecule has 1 amide bonds. The molecule has 2 aromatic heterocycles. The average molecular weight is 450 g/mol. The number of fused-ring (bicyclic) bond motifs is 3. The van der Waals surface area contributed by atoms with Crippen molar-refractivity contribution in [2.24, 2.45) is 5.73 Å². The number of halogens is 2. The van der Waals surface area contributed by atoms with E-state index in [1.807, 2.05) is 41.8 Å². The van der Waals surface area contributed by atoms with Crippen molar-refractivity contribution < 1.29 is 4.79 Å². The fourth-order valence-electron chi connectivity index (χ4n) is 3.90. The average Bonchev–Trinajstić information content (AvgIpc) is 3.34. The van der Waals surface area contributed by atoms with Crippen LogP contribution in [0.25, 0.3) is 32.2 Å². The Morgan fingerprint density at radius 2 is 1.83 bits per heavy atom. The van der Waals surface area contributed by atoms with E-state index in [2.05, 4.69) is 22.8 Å². The Bertz CT molecular complexity index is 1400. The summed E-state index contributed by atoms with van der Waals surface area (Å²) < 4.78 is 2.16. The molecule has 5 rings (SSSR count). The third-order valence-corrected chi connectivity index (χ3v) is 6.48. The molecule has 0 bridgehead atoms. The van der Waals surface area contributed by atoms with Crippen LogP contribution < -0.4 is 5.73 Å². The van der Waals surface area contributed by atoms with E-state index in [1.54, 1.807) is 23.5 Å². The van der Waals surface area contributed by atoms with Gasteiger partial charge in [-0.1, -0.05) is 35.3 Å². The zero-order valence-corrected chi connectivity index (χ0v) is 18.0. The second-order valence-electron chi connectivity index (χ2n) is 7.05. The van der Waals surface area contributed by atoms with Crippen molar-refractivity contribution in [1.29, 1.82) is 0 Å². The van der Waals surface area contributed by atoms with Crippen molar-refractivity contribution in [2.45, 2.75) is 6.54 Å². The van der Waals surface area contributed by atoms with Gasteiger partial charge < -0.3 is 10.3 Å². The molecule has 0 fully saturated rings. The first kappa shape index (κ1) is 19.2. The van der Waals surface area contributed by atoms with E-state index in [1.165, 1.54) is 0 Å². The quantitative estimate of drug-likeness (QED) is 0.323. The van der Waals surface area contributed by atoms with Gasteiger partial charge in [-0.05, 0) is 71.1 Å². The van der Waals surface area contributed by atoms with Crippen molar-refractivity contribution in [3.05, 3.63) is 93.3 Å². The minimum Gasteiger partial charge on any atom is -0.366 e. The van der Waals surface area contributed by atoms with Crippen molar-refractivity contribution in [2.75, 3.05) is 0 Å². The topological polar surface area (TPSA) is 48.0 Å². The third-order valence-electron chi connectivity index (χ3n) is 5.13. The zero-order valence-electron chi connectivity index (χ0n) is 15.7. The summed E-state index contributed by atoms with van der Waals surface area (Å²) in [5.41, 5.74) is 10.1. The van der Waals surface area contributed by atoms with Gasteiger partial charge in [0.05, 0.1) is 11.0 Å². The molecule has 0 saturated carbocycles. The van der Waals surface area contributed by atoms with Gasteiger partial charge in [0.2, 0.25) is 5.91 Å². The SMILES string of the molecule is NC(=O)c1cccc2c1c1[c]cc(-c3cccs3)cc1n2Cc1cc(Cl)cc(Cl)c1. The number of hydrogen-bond acceptors (Lipinski definition) is 2. The van der Waals surface area contributed by atoms with Gasteiger partial charge in [0.15, 0.2) is 0 Å². The minimum absolute atomic E-state index is 0.457. The Labute approximate surface area is 187 Å². The van der Waals surface area contributed by atoms with Crippen molar-refractivity contribution in [1.82, 2.24) is 4.57 Å². The minimum atomic E-state index is -0.457. The van der Waals surface area contributed by atoms with E-state index in [9.17, 15) is 4.79 Å².